The van der Waals surface area contributed by atoms with E-state index in [1.54, 1.807) is 0 Å². The monoisotopic (exact) mass is 227 g/mol. The molecule has 16 heavy (non-hydrogen) atoms. The van der Waals surface area contributed by atoms with Gasteiger partial charge in [-0.05, 0) is 72.9 Å². The van der Waals surface area contributed by atoms with Gasteiger partial charge >= 0.3 is 0 Å². The highest BCUT2D eigenvalue weighted by Crippen LogP contribution is 2.18. The van der Waals surface area contributed by atoms with Crippen LogP contribution in [0.3, 0.4) is 0 Å². The van der Waals surface area contributed by atoms with Gasteiger partial charge in [-0.3, -0.25) is 0 Å². The summed E-state index contributed by atoms with van der Waals surface area (Å²) in [6.07, 6.45) is 4.01. The molecule has 1 aliphatic rings. The molecule has 0 aromatic rings. The quantitative estimate of drug-likeness (QED) is 0.689. The molecule has 1 N–H and O–H groups in total. The number of rotatable bonds is 6. The van der Waals surface area contributed by atoms with Crippen molar-refractivity contribution in [3.05, 3.63) is 0 Å². The van der Waals surface area contributed by atoms with Gasteiger partial charge in [0.1, 0.15) is 0 Å². The third kappa shape index (κ3) is 5.28. The van der Waals surface area contributed by atoms with E-state index in [4.69, 9.17) is 0 Å². The van der Waals surface area contributed by atoms with E-state index < -0.39 is 0 Å². The smallest absolute Gasteiger partial charge is 0.00792 e. The lowest BCUT2D eigenvalue weighted by molar-refractivity contribution is 0.178. The van der Waals surface area contributed by atoms with Crippen LogP contribution in [0.2, 0.25) is 0 Å². The lowest BCUT2D eigenvalue weighted by Crippen LogP contribution is -2.43. The van der Waals surface area contributed by atoms with E-state index in [1.165, 1.54) is 38.9 Å². The van der Waals surface area contributed by atoms with Crippen molar-refractivity contribution in [2.24, 2.45) is 5.92 Å². The van der Waals surface area contributed by atoms with Gasteiger partial charge in [-0.2, -0.15) is 0 Å². The van der Waals surface area contributed by atoms with Gasteiger partial charge in [0.25, 0.3) is 0 Å². The molecule has 3 nitrogen and oxygen atoms in total. The second kappa shape index (κ2) is 7.25. The minimum absolute atomic E-state index is 0.671. The number of nitrogens with one attached hydrogen (secondary N) is 1. The molecule has 2 atom stereocenters. The summed E-state index contributed by atoms with van der Waals surface area (Å²) < 4.78 is 0. The lowest BCUT2D eigenvalue weighted by Gasteiger charge is -2.34. The normalized spacial score (nSPS) is 24.9. The summed E-state index contributed by atoms with van der Waals surface area (Å²) in [5.74, 6) is 0.845. The molecule has 1 rings (SSSR count). The molecule has 2 unspecified atom stereocenters. The van der Waals surface area contributed by atoms with Crippen LogP contribution in [-0.4, -0.2) is 63.2 Å². The fourth-order valence-corrected chi connectivity index (χ4v) is 2.51. The highest BCUT2D eigenvalue weighted by atomic mass is 15.1. The van der Waals surface area contributed by atoms with Gasteiger partial charge in [0.15, 0.2) is 0 Å². The number of hydrogen-bond donors (Lipinski definition) is 1. The summed E-state index contributed by atoms with van der Waals surface area (Å²) in [5.41, 5.74) is 0. The first-order valence-electron chi connectivity index (χ1n) is 6.66. The van der Waals surface area contributed by atoms with Crippen LogP contribution in [0.1, 0.15) is 26.2 Å². The molecule has 0 saturated carbocycles. The van der Waals surface area contributed by atoms with Crippen molar-refractivity contribution in [3.8, 4) is 0 Å². The zero-order valence-electron chi connectivity index (χ0n) is 11.5. The van der Waals surface area contributed by atoms with E-state index in [9.17, 15) is 0 Å². The van der Waals surface area contributed by atoms with E-state index in [0.29, 0.717) is 6.04 Å². The van der Waals surface area contributed by atoms with Crippen LogP contribution in [-0.2, 0) is 0 Å². The third-order valence-corrected chi connectivity index (χ3v) is 3.62. The maximum atomic E-state index is 3.67. The average molecular weight is 227 g/mol. The summed E-state index contributed by atoms with van der Waals surface area (Å²) in [7, 11) is 6.52. The predicted molar refractivity (Wildman–Crippen MR) is 70.9 cm³/mol. The van der Waals surface area contributed by atoms with Crippen LogP contribution in [0, 0.1) is 5.92 Å². The third-order valence-electron chi connectivity index (χ3n) is 3.62. The number of piperidine rings is 1. The van der Waals surface area contributed by atoms with Gasteiger partial charge in [-0.1, -0.05) is 0 Å². The van der Waals surface area contributed by atoms with Gasteiger partial charge in [-0.15, -0.1) is 0 Å². The topological polar surface area (TPSA) is 18.5 Å². The van der Waals surface area contributed by atoms with Crippen molar-refractivity contribution in [1.29, 1.82) is 0 Å². The van der Waals surface area contributed by atoms with E-state index >= 15 is 0 Å². The molecular formula is C13H29N3. The van der Waals surface area contributed by atoms with Crippen LogP contribution in [0.25, 0.3) is 0 Å². The second-order valence-corrected chi connectivity index (χ2v) is 5.56. The van der Waals surface area contributed by atoms with E-state index in [-0.39, 0.29) is 0 Å². The average Bonchev–Trinajstić information content (AvgIpc) is 2.24. The molecule has 0 amide bonds. The molecular weight excluding hydrogens is 198 g/mol. The summed E-state index contributed by atoms with van der Waals surface area (Å²) in [5, 5.41) is 3.67. The molecule has 0 aliphatic carbocycles. The Balaban J connectivity index is 2.11. The molecule has 0 bridgehead atoms. The minimum Gasteiger partial charge on any atom is -0.314 e. The fraction of sp³-hybridized carbons (Fsp3) is 1.00. The van der Waals surface area contributed by atoms with E-state index in [1.807, 2.05) is 0 Å². The Morgan fingerprint density at radius 1 is 1.44 bits per heavy atom. The van der Waals surface area contributed by atoms with Gasteiger partial charge in [0.05, 0.1) is 0 Å². The molecule has 96 valence electrons. The molecule has 0 aromatic heterocycles. The number of hydrogen-bond acceptors (Lipinski definition) is 3. The van der Waals surface area contributed by atoms with E-state index in [0.717, 1.165) is 12.5 Å². The van der Waals surface area contributed by atoms with Crippen LogP contribution in [0.5, 0.6) is 0 Å². The van der Waals surface area contributed by atoms with Crippen molar-refractivity contribution >= 4 is 0 Å². The Kier molecular flexibility index (Phi) is 6.32. The number of likely N-dealkylation sites (tertiary alicyclic amines) is 1. The Hall–Kier alpha value is -0.120. The molecule has 1 fully saturated rings. The van der Waals surface area contributed by atoms with Crippen LogP contribution < -0.4 is 5.32 Å². The largest absolute Gasteiger partial charge is 0.314 e. The van der Waals surface area contributed by atoms with Gasteiger partial charge in [-0.25, -0.2) is 0 Å². The van der Waals surface area contributed by atoms with Crippen LogP contribution in [0.15, 0.2) is 0 Å². The van der Waals surface area contributed by atoms with Crippen molar-refractivity contribution in [2.45, 2.75) is 32.2 Å². The van der Waals surface area contributed by atoms with Gasteiger partial charge < -0.3 is 15.1 Å². The molecule has 0 spiro atoms. The Labute approximate surface area is 101 Å². The standard InChI is InChI=1S/C13H29N3/c1-12(14-8-6-9-15(2)3)13-7-5-10-16(4)11-13/h12-14H,5-11H2,1-4H3. The van der Waals surface area contributed by atoms with Gasteiger partial charge in [0, 0.05) is 12.6 Å². The Bertz CT molecular complexity index is 182. The molecule has 3 heteroatoms. The molecule has 0 aromatic carbocycles. The number of nitrogens with zero attached hydrogens (tertiary/aromatic N) is 2. The summed E-state index contributed by atoms with van der Waals surface area (Å²) >= 11 is 0. The van der Waals surface area contributed by atoms with Crippen LogP contribution in [0.4, 0.5) is 0 Å². The minimum atomic E-state index is 0.671. The maximum Gasteiger partial charge on any atom is 0.00792 e. The van der Waals surface area contributed by atoms with E-state index in [2.05, 4.69) is 43.2 Å². The van der Waals surface area contributed by atoms with Crippen molar-refractivity contribution < 1.29 is 0 Å². The van der Waals surface area contributed by atoms with Gasteiger partial charge in [0.2, 0.25) is 0 Å². The Morgan fingerprint density at radius 3 is 2.81 bits per heavy atom. The first-order chi connectivity index (χ1) is 7.59. The highest BCUT2D eigenvalue weighted by molar-refractivity contribution is 4.78. The van der Waals surface area contributed by atoms with Crippen molar-refractivity contribution in [3.63, 3.8) is 0 Å². The maximum absolute atomic E-state index is 3.67. The lowest BCUT2D eigenvalue weighted by atomic mass is 9.92. The first kappa shape index (κ1) is 13.9. The summed E-state index contributed by atoms with van der Waals surface area (Å²) in [6, 6.07) is 0.671. The highest BCUT2D eigenvalue weighted by Gasteiger charge is 2.21. The van der Waals surface area contributed by atoms with Crippen LogP contribution >= 0.6 is 0 Å². The molecule has 0 radical (unpaired) electrons. The van der Waals surface area contributed by atoms with Crippen molar-refractivity contribution in [2.75, 3.05) is 47.3 Å². The zero-order chi connectivity index (χ0) is 12.0. The summed E-state index contributed by atoms with van der Waals surface area (Å²) in [4.78, 5) is 4.72. The molecule has 1 aliphatic heterocycles. The second-order valence-electron chi connectivity index (χ2n) is 5.56. The molecule has 1 saturated heterocycles. The fourth-order valence-electron chi connectivity index (χ4n) is 2.51. The zero-order valence-corrected chi connectivity index (χ0v) is 11.5. The Morgan fingerprint density at radius 2 is 2.19 bits per heavy atom. The summed E-state index contributed by atoms with van der Waals surface area (Å²) in [6.45, 7) is 7.23. The first-order valence-corrected chi connectivity index (χ1v) is 6.66. The SMILES string of the molecule is CC(NCCCN(C)C)C1CCCN(C)C1. The molecule has 1 heterocycles. The van der Waals surface area contributed by atoms with Crippen molar-refractivity contribution in [1.82, 2.24) is 15.1 Å². The predicted octanol–water partition coefficient (Wildman–Crippen LogP) is 1.26.